The van der Waals surface area contributed by atoms with Gasteiger partial charge in [0.05, 0.1) is 0 Å². The summed E-state index contributed by atoms with van der Waals surface area (Å²) in [5, 5.41) is 0. The molecule has 1 aliphatic carbocycles. The lowest BCUT2D eigenvalue weighted by molar-refractivity contribution is 0.367. The molecule has 0 amide bonds. The lowest BCUT2D eigenvalue weighted by Gasteiger charge is -2.22. The molecule has 0 spiro atoms. The first-order valence-electron chi connectivity index (χ1n) is 5.87. The van der Waals surface area contributed by atoms with Crippen LogP contribution in [0.15, 0.2) is 12.4 Å². The highest BCUT2D eigenvalue weighted by molar-refractivity contribution is 4.92. The Morgan fingerprint density at radius 2 is 1.79 bits per heavy atom. The Morgan fingerprint density at radius 3 is 2.36 bits per heavy atom. The zero-order valence-corrected chi connectivity index (χ0v) is 9.08. The van der Waals surface area contributed by atoms with Crippen LogP contribution in [0.3, 0.4) is 0 Å². The van der Waals surface area contributed by atoms with E-state index in [9.17, 15) is 0 Å². The van der Waals surface area contributed by atoms with Crippen LogP contribution >= 0.6 is 0 Å². The standard InChI is InChI=1S/C12H20N2/c1-11-13-9-10-14(11)12-7-5-3-2-4-6-8-12/h9-10,12H,2-8H2,1H3. The van der Waals surface area contributed by atoms with Gasteiger partial charge in [-0.05, 0) is 19.8 Å². The number of rotatable bonds is 1. The first kappa shape index (κ1) is 9.75. The summed E-state index contributed by atoms with van der Waals surface area (Å²) in [6, 6.07) is 0.720. The molecule has 78 valence electrons. The van der Waals surface area contributed by atoms with Gasteiger partial charge in [0.1, 0.15) is 5.82 Å². The van der Waals surface area contributed by atoms with Gasteiger partial charge in [-0.3, -0.25) is 0 Å². The third-order valence-electron chi connectivity index (χ3n) is 3.33. The van der Waals surface area contributed by atoms with Crippen molar-refractivity contribution in [3.8, 4) is 0 Å². The summed E-state index contributed by atoms with van der Waals surface area (Å²) >= 11 is 0. The highest BCUT2D eigenvalue weighted by Crippen LogP contribution is 2.26. The fraction of sp³-hybridized carbons (Fsp3) is 0.750. The minimum atomic E-state index is 0.720. The minimum absolute atomic E-state index is 0.720. The molecule has 0 atom stereocenters. The van der Waals surface area contributed by atoms with Crippen LogP contribution in [0.2, 0.25) is 0 Å². The number of imidazole rings is 1. The van der Waals surface area contributed by atoms with E-state index in [1.165, 1.54) is 50.8 Å². The number of hydrogen-bond acceptors (Lipinski definition) is 1. The predicted octanol–water partition coefficient (Wildman–Crippen LogP) is 3.48. The van der Waals surface area contributed by atoms with Gasteiger partial charge in [0.15, 0.2) is 0 Å². The van der Waals surface area contributed by atoms with Gasteiger partial charge >= 0.3 is 0 Å². The molecule has 2 heteroatoms. The molecular weight excluding hydrogens is 172 g/mol. The minimum Gasteiger partial charge on any atom is -0.332 e. The Labute approximate surface area is 86.3 Å². The van der Waals surface area contributed by atoms with Crippen LogP contribution in [-0.4, -0.2) is 9.55 Å². The van der Waals surface area contributed by atoms with E-state index in [4.69, 9.17) is 0 Å². The van der Waals surface area contributed by atoms with E-state index >= 15 is 0 Å². The van der Waals surface area contributed by atoms with E-state index in [1.54, 1.807) is 0 Å². The molecule has 14 heavy (non-hydrogen) atoms. The Kier molecular flexibility index (Phi) is 3.22. The van der Waals surface area contributed by atoms with Crippen LogP contribution < -0.4 is 0 Å². The van der Waals surface area contributed by atoms with E-state index in [0.29, 0.717) is 0 Å². The fourth-order valence-corrected chi connectivity index (χ4v) is 2.49. The van der Waals surface area contributed by atoms with Gasteiger partial charge in [0.25, 0.3) is 0 Å². The number of aromatic nitrogens is 2. The van der Waals surface area contributed by atoms with Crippen molar-refractivity contribution in [2.75, 3.05) is 0 Å². The van der Waals surface area contributed by atoms with E-state index in [1.807, 2.05) is 6.20 Å². The van der Waals surface area contributed by atoms with Crippen molar-refractivity contribution in [2.24, 2.45) is 0 Å². The third-order valence-corrected chi connectivity index (χ3v) is 3.33. The molecule has 0 N–H and O–H groups in total. The second kappa shape index (κ2) is 4.63. The summed E-state index contributed by atoms with van der Waals surface area (Å²) < 4.78 is 2.37. The number of hydrogen-bond donors (Lipinski definition) is 0. The van der Waals surface area contributed by atoms with E-state index in [0.717, 1.165) is 6.04 Å². The Bertz CT molecular complexity index is 270. The van der Waals surface area contributed by atoms with Gasteiger partial charge in [-0.2, -0.15) is 0 Å². The van der Waals surface area contributed by atoms with Gasteiger partial charge in [-0.1, -0.05) is 32.1 Å². The van der Waals surface area contributed by atoms with Crippen LogP contribution in [-0.2, 0) is 0 Å². The second-order valence-electron chi connectivity index (χ2n) is 4.38. The van der Waals surface area contributed by atoms with Crippen molar-refractivity contribution in [3.63, 3.8) is 0 Å². The number of nitrogens with zero attached hydrogens (tertiary/aromatic N) is 2. The maximum absolute atomic E-state index is 4.31. The SMILES string of the molecule is Cc1nccn1C1CCCCCCC1. The topological polar surface area (TPSA) is 17.8 Å². The van der Waals surface area contributed by atoms with Gasteiger partial charge < -0.3 is 4.57 Å². The first-order valence-corrected chi connectivity index (χ1v) is 5.87. The highest BCUT2D eigenvalue weighted by atomic mass is 15.1. The summed E-state index contributed by atoms with van der Waals surface area (Å²) in [4.78, 5) is 4.31. The molecule has 1 aromatic heterocycles. The van der Waals surface area contributed by atoms with Crippen LogP contribution in [0.25, 0.3) is 0 Å². The van der Waals surface area contributed by atoms with Gasteiger partial charge in [0.2, 0.25) is 0 Å². The molecule has 0 saturated heterocycles. The Morgan fingerprint density at radius 1 is 1.14 bits per heavy atom. The largest absolute Gasteiger partial charge is 0.332 e. The van der Waals surface area contributed by atoms with E-state index in [-0.39, 0.29) is 0 Å². The van der Waals surface area contributed by atoms with Crippen molar-refractivity contribution < 1.29 is 0 Å². The summed E-state index contributed by atoms with van der Waals surface area (Å²) in [7, 11) is 0. The zero-order chi connectivity index (χ0) is 9.80. The molecule has 0 bridgehead atoms. The molecule has 0 radical (unpaired) electrons. The second-order valence-corrected chi connectivity index (χ2v) is 4.38. The maximum atomic E-state index is 4.31. The van der Waals surface area contributed by atoms with Crippen LogP contribution in [0.1, 0.15) is 56.8 Å². The van der Waals surface area contributed by atoms with Crippen molar-refractivity contribution in [3.05, 3.63) is 18.2 Å². The summed E-state index contributed by atoms with van der Waals surface area (Å²) in [6.07, 6.45) is 13.8. The van der Waals surface area contributed by atoms with Gasteiger partial charge in [-0.15, -0.1) is 0 Å². The molecule has 0 aromatic carbocycles. The zero-order valence-electron chi connectivity index (χ0n) is 9.08. The Balaban J connectivity index is 2.04. The van der Waals surface area contributed by atoms with Crippen molar-refractivity contribution in [1.82, 2.24) is 9.55 Å². The highest BCUT2D eigenvalue weighted by Gasteiger charge is 2.13. The quantitative estimate of drug-likeness (QED) is 0.666. The monoisotopic (exact) mass is 192 g/mol. The third kappa shape index (κ3) is 2.17. The molecule has 1 saturated carbocycles. The first-order chi connectivity index (χ1) is 6.88. The van der Waals surface area contributed by atoms with Crippen molar-refractivity contribution in [2.45, 2.75) is 57.9 Å². The van der Waals surface area contributed by atoms with Crippen molar-refractivity contribution >= 4 is 0 Å². The van der Waals surface area contributed by atoms with Crippen molar-refractivity contribution in [1.29, 1.82) is 0 Å². The summed E-state index contributed by atoms with van der Waals surface area (Å²) in [5.41, 5.74) is 0. The smallest absolute Gasteiger partial charge is 0.105 e. The molecule has 2 nitrogen and oxygen atoms in total. The van der Waals surface area contributed by atoms with Crippen LogP contribution in [0, 0.1) is 6.92 Å². The molecule has 1 aliphatic rings. The van der Waals surface area contributed by atoms with Gasteiger partial charge in [0, 0.05) is 18.4 Å². The lowest BCUT2D eigenvalue weighted by Crippen LogP contribution is -2.11. The molecule has 1 fully saturated rings. The summed E-state index contributed by atoms with van der Waals surface area (Å²) in [6.45, 7) is 2.11. The van der Waals surface area contributed by atoms with E-state index in [2.05, 4.69) is 22.7 Å². The van der Waals surface area contributed by atoms with Crippen LogP contribution in [0.4, 0.5) is 0 Å². The number of aryl methyl sites for hydroxylation is 1. The molecule has 1 heterocycles. The van der Waals surface area contributed by atoms with Gasteiger partial charge in [-0.25, -0.2) is 4.98 Å². The normalized spacial score (nSPS) is 20.4. The Hall–Kier alpha value is -0.790. The fourth-order valence-electron chi connectivity index (χ4n) is 2.49. The molecule has 0 aliphatic heterocycles. The van der Waals surface area contributed by atoms with Crippen LogP contribution in [0.5, 0.6) is 0 Å². The predicted molar refractivity (Wildman–Crippen MR) is 58.3 cm³/mol. The molecule has 0 unspecified atom stereocenters. The maximum Gasteiger partial charge on any atom is 0.105 e. The lowest BCUT2D eigenvalue weighted by atomic mass is 9.96. The molecule has 2 rings (SSSR count). The molecular formula is C12H20N2. The average molecular weight is 192 g/mol. The van der Waals surface area contributed by atoms with E-state index < -0.39 is 0 Å². The summed E-state index contributed by atoms with van der Waals surface area (Å²) in [5.74, 6) is 1.18. The average Bonchev–Trinajstić information content (AvgIpc) is 2.51. The molecule has 1 aromatic rings.